The highest BCUT2D eigenvalue weighted by molar-refractivity contribution is 5.55. The first-order chi connectivity index (χ1) is 9.50. The average molecular weight is 278 g/mol. The van der Waals surface area contributed by atoms with E-state index in [9.17, 15) is 4.39 Å². The number of nitrogens with two attached hydrogens (primary N) is 1. The zero-order valence-electron chi connectivity index (χ0n) is 12.9. The molecule has 0 amide bonds. The molecule has 1 fully saturated rings. The SMILES string of the molecule is CC(C)C1CCCN(c2cccc(F)c2[C@H](C)N)CC1. The van der Waals surface area contributed by atoms with Crippen LogP contribution in [0.4, 0.5) is 10.1 Å². The third kappa shape index (κ3) is 3.32. The van der Waals surface area contributed by atoms with E-state index < -0.39 is 0 Å². The van der Waals surface area contributed by atoms with Crippen molar-refractivity contribution in [2.75, 3.05) is 18.0 Å². The van der Waals surface area contributed by atoms with E-state index in [1.54, 1.807) is 6.07 Å². The van der Waals surface area contributed by atoms with Crippen LogP contribution in [0, 0.1) is 17.7 Å². The van der Waals surface area contributed by atoms with Crippen LogP contribution >= 0.6 is 0 Å². The summed E-state index contributed by atoms with van der Waals surface area (Å²) >= 11 is 0. The average Bonchev–Trinajstić information content (AvgIpc) is 2.63. The van der Waals surface area contributed by atoms with Gasteiger partial charge in [0.2, 0.25) is 0 Å². The van der Waals surface area contributed by atoms with Gasteiger partial charge in [0.25, 0.3) is 0 Å². The van der Waals surface area contributed by atoms with Crippen LogP contribution in [0.15, 0.2) is 18.2 Å². The maximum Gasteiger partial charge on any atom is 0.130 e. The Balaban J connectivity index is 2.22. The van der Waals surface area contributed by atoms with Crippen molar-refractivity contribution in [3.8, 4) is 0 Å². The molecule has 2 rings (SSSR count). The van der Waals surface area contributed by atoms with Crippen molar-refractivity contribution in [3.63, 3.8) is 0 Å². The Morgan fingerprint density at radius 2 is 1.95 bits per heavy atom. The Hall–Kier alpha value is -1.09. The van der Waals surface area contributed by atoms with Gasteiger partial charge >= 0.3 is 0 Å². The van der Waals surface area contributed by atoms with Gasteiger partial charge in [-0.1, -0.05) is 19.9 Å². The first-order valence-electron chi connectivity index (χ1n) is 7.79. The van der Waals surface area contributed by atoms with Gasteiger partial charge in [0.05, 0.1) is 0 Å². The fourth-order valence-corrected chi connectivity index (χ4v) is 3.28. The molecule has 112 valence electrons. The molecule has 0 bridgehead atoms. The molecule has 0 spiro atoms. The van der Waals surface area contributed by atoms with Gasteiger partial charge in [-0.15, -0.1) is 0 Å². The van der Waals surface area contributed by atoms with Gasteiger partial charge in [-0.2, -0.15) is 0 Å². The number of halogens is 1. The van der Waals surface area contributed by atoms with E-state index in [1.165, 1.54) is 25.3 Å². The maximum absolute atomic E-state index is 14.1. The smallest absolute Gasteiger partial charge is 0.130 e. The monoisotopic (exact) mass is 278 g/mol. The minimum absolute atomic E-state index is 0.179. The quantitative estimate of drug-likeness (QED) is 0.901. The molecule has 2 atom stereocenters. The van der Waals surface area contributed by atoms with Crippen LogP contribution in [0.25, 0.3) is 0 Å². The minimum atomic E-state index is -0.268. The lowest BCUT2D eigenvalue weighted by Gasteiger charge is -2.27. The van der Waals surface area contributed by atoms with Crippen LogP contribution in [0.1, 0.15) is 51.6 Å². The Kier molecular flexibility index (Phi) is 5.03. The third-order valence-electron chi connectivity index (χ3n) is 4.54. The Bertz CT molecular complexity index is 443. The van der Waals surface area contributed by atoms with Crippen LogP contribution in [-0.4, -0.2) is 13.1 Å². The molecule has 1 heterocycles. The van der Waals surface area contributed by atoms with E-state index in [4.69, 9.17) is 5.73 Å². The summed E-state index contributed by atoms with van der Waals surface area (Å²) in [6.07, 6.45) is 3.64. The van der Waals surface area contributed by atoms with Crippen molar-refractivity contribution in [1.29, 1.82) is 0 Å². The lowest BCUT2D eigenvalue weighted by Crippen LogP contribution is -2.27. The molecule has 2 N–H and O–H groups in total. The summed E-state index contributed by atoms with van der Waals surface area (Å²) in [6, 6.07) is 5.05. The molecule has 20 heavy (non-hydrogen) atoms. The summed E-state index contributed by atoms with van der Waals surface area (Å²) in [7, 11) is 0. The highest BCUT2D eigenvalue weighted by Crippen LogP contribution is 2.32. The van der Waals surface area contributed by atoms with Crippen LogP contribution < -0.4 is 10.6 Å². The second kappa shape index (κ2) is 6.57. The second-order valence-electron chi connectivity index (χ2n) is 6.38. The van der Waals surface area contributed by atoms with Crippen molar-refractivity contribution < 1.29 is 4.39 Å². The van der Waals surface area contributed by atoms with Gasteiger partial charge < -0.3 is 10.6 Å². The maximum atomic E-state index is 14.1. The van der Waals surface area contributed by atoms with Crippen LogP contribution in [0.2, 0.25) is 0 Å². The highest BCUT2D eigenvalue weighted by Gasteiger charge is 2.22. The number of nitrogens with zero attached hydrogens (tertiary/aromatic N) is 1. The van der Waals surface area contributed by atoms with Gasteiger partial charge in [0.15, 0.2) is 0 Å². The molecule has 1 aliphatic rings. The normalized spacial score (nSPS) is 21.9. The largest absolute Gasteiger partial charge is 0.371 e. The van der Waals surface area contributed by atoms with Crippen molar-refractivity contribution >= 4 is 5.69 Å². The first-order valence-corrected chi connectivity index (χ1v) is 7.79. The summed E-state index contributed by atoms with van der Waals surface area (Å²) in [5, 5.41) is 0. The van der Waals surface area contributed by atoms with E-state index in [2.05, 4.69) is 18.7 Å². The summed E-state index contributed by atoms with van der Waals surface area (Å²) < 4.78 is 14.1. The predicted molar refractivity (Wildman–Crippen MR) is 83.4 cm³/mol. The standard InChI is InChI=1S/C17H27FN2/c1-12(2)14-6-5-10-20(11-9-14)16-8-4-7-15(18)17(16)13(3)19/h4,7-8,12-14H,5-6,9-11,19H2,1-3H3/t13-,14?/m0/s1. The zero-order valence-corrected chi connectivity index (χ0v) is 12.9. The van der Waals surface area contributed by atoms with E-state index in [0.29, 0.717) is 5.56 Å². The van der Waals surface area contributed by atoms with Crippen molar-refractivity contribution in [1.82, 2.24) is 0 Å². The zero-order chi connectivity index (χ0) is 14.7. The van der Waals surface area contributed by atoms with Crippen molar-refractivity contribution in [2.24, 2.45) is 17.6 Å². The summed E-state index contributed by atoms with van der Waals surface area (Å²) in [5.41, 5.74) is 7.62. The Labute approximate surface area is 122 Å². The lowest BCUT2D eigenvalue weighted by molar-refractivity contribution is 0.351. The summed E-state index contributed by atoms with van der Waals surface area (Å²) in [4.78, 5) is 2.32. The second-order valence-corrected chi connectivity index (χ2v) is 6.38. The molecule has 1 aromatic rings. The van der Waals surface area contributed by atoms with Gasteiger partial charge in [0, 0.05) is 30.4 Å². The predicted octanol–water partition coefficient (Wildman–Crippen LogP) is 4.11. The molecule has 1 aromatic carbocycles. The van der Waals surface area contributed by atoms with E-state index in [1.807, 2.05) is 13.0 Å². The molecule has 3 heteroatoms. The topological polar surface area (TPSA) is 29.3 Å². The molecule has 0 saturated carbocycles. The molecule has 2 nitrogen and oxygen atoms in total. The number of anilines is 1. The van der Waals surface area contributed by atoms with Gasteiger partial charge in [-0.05, 0) is 50.2 Å². The molecule has 0 radical (unpaired) electrons. The fraction of sp³-hybridized carbons (Fsp3) is 0.647. The highest BCUT2D eigenvalue weighted by atomic mass is 19.1. The van der Waals surface area contributed by atoms with Crippen LogP contribution in [-0.2, 0) is 0 Å². The van der Waals surface area contributed by atoms with Crippen LogP contribution in [0.3, 0.4) is 0 Å². The molecule has 0 aliphatic carbocycles. The molecular formula is C17H27FN2. The van der Waals surface area contributed by atoms with Gasteiger partial charge in [-0.3, -0.25) is 0 Å². The van der Waals surface area contributed by atoms with Gasteiger partial charge in [-0.25, -0.2) is 4.39 Å². The molecular weight excluding hydrogens is 251 g/mol. The minimum Gasteiger partial charge on any atom is -0.371 e. The Morgan fingerprint density at radius 1 is 1.20 bits per heavy atom. The first kappa shape index (κ1) is 15.3. The van der Waals surface area contributed by atoms with E-state index >= 15 is 0 Å². The molecule has 0 aromatic heterocycles. The van der Waals surface area contributed by atoms with E-state index in [-0.39, 0.29) is 11.9 Å². The Morgan fingerprint density at radius 3 is 2.60 bits per heavy atom. The van der Waals surface area contributed by atoms with Crippen molar-refractivity contribution in [2.45, 2.75) is 46.1 Å². The summed E-state index contributed by atoms with van der Waals surface area (Å²) in [6.45, 7) is 8.47. The number of benzene rings is 1. The van der Waals surface area contributed by atoms with Crippen LogP contribution in [0.5, 0.6) is 0 Å². The molecule has 1 saturated heterocycles. The van der Waals surface area contributed by atoms with E-state index in [0.717, 1.165) is 30.6 Å². The van der Waals surface area contributed by atoms with Gasteiger partial charge in [0.1, 0.15) is 5.82 Å². The number of hydrogen-bond acceptors (Lipinski definition) is 2. The fourth-order valence-electron chi connectivity index (χ4n) is 3.28. The number of rotatable bonds is 3. The summed E-state index contributed by atoms with van der Waals surface area (Å²) in [5.74, 6) is 1.34. The third-order valence-corrected chi connectivity index (χ3v) is 4.54. The molecule has 1 unspecified atom stereocenters. The number of hydrogen-bond donors (Lipinski definition) is 1. The molecule has 1 aliphatic heterocycles. The lowest BCUT2D eigenvalue weighted by atomic mass is 9.89. The van der Waals surface area contributed by atoms with Crippen molar-refractivity contribution in [3.05, 3.63) is 29.6 Å².